The summed E-state index contributed by atoms with van der Waals surface area (Å²) in [5.41, 5.74) is 1.47. The van der Waals surface area contributed by atoms with Crippen LogP contribution in [0.2, 0.25) is 0 Å². The number of aromatic hydroxyl groups is 1. The van der Waals surface area contributed by atoms with Crippen LogP contribution in [0.3, 0.4) is 0 Å². The SMILES string of the molecule is CC(CC(=O)c1cccnc1)NC(CCc1ccc(O)cc1)C(=O)O. The molecule has 0 saturated carbocycles. The summed E-state index contributed by atoms with van der Waals surface area (Å²) < 4.78 is 0. The van der Waals surface area contributed by atoms with Crippen LogP contribution in [-0.4, -0.2) is 39.0 Å². The number of carbonyl (C=O) groups is 2. The lowest BCUT2D eigenvalue weighted by Gasteiger charge is -2.20. The van der Waals surface area contributed by atoms with Gasteiger partial charge in [-0.2, -0.15) is 0 Å². The molecule has 6 nitrogen and oxygen atoms in total. The third-order valence-corrected chi connectivity index (χ3v) is 3.92. The number of aryl methyl sites for hydroxylation is 1. The van der Waals surface area contributed by atoms with Crippen LogP contribution < -0.4 is 5.32 Å². The zero-order valence-electron chi connectivity index (χ0n) is 14.1. The predicted octanol–water partition coefficient (Wildman–Crippen LogP) is 2.42. The van der Waals surface area contributed by atoms with Gasteiger partial charge in [-0.05, 0) is 49.6 Å². The second-order valence-electron chi connectivity index (χ2n) is 6.03. The number of Topliss-reactive ketones (excluding diaryl/α,β-unsaturated/α-hetero) is 1. The maximum Gasteiger partial charge on any atom is 0.320 e. The van der Waals surface area contributed by atoms with Gasteiger partial charge in [0, 0.05) is 30.4 Å². The number of carboxylic acids is 1. The van der Waals surface area contributed by atoms with E-state index in [9.17, 15) is 19.8 Å². The highest BCUT2D eigenvalue weighted by atomic mass is 16.4. The number of rotatable bonds is 9. The fourth-order valence-electron chi connectivity index (χ4n) is 2.58. The van der Waals surface area contributed by atoms with Gasteiger partial charge in [0.15, 0.2) is 5.78 Å². The molecule has 2 aromatic rings. The van der Waals surface area contributed by atoms with Crippen LogP contribution >= 0.6 is 0 Å². The van der Waals surface area contributed by atoms with Crippen molar-refractivity contribution in [3.63, 3.8) is 0 Å². The molecule has 0 fully saturated rings. The van der Waals surface area contributed by atoms with Gasteiger partial charge in [-0.15, -0.1) is 0 Å². The quantitative estimate of drug-likeness (QED) is 0.605. The highest BCUT2D eigenvalue weighted by molar-refractivity contribution is 5.96. The summed E-state index contributed by atoms with van der Waals surface area (Å²) in [5.74, 6) is -0.838. The number of carboxylic acid groups (broad SMARTS) is 1. The van der Waals surface area contributed by atoms with Gasteiger partial charge in [0.2, 0.25) is 0 Å². The number of hydrogen-bond donors (Lipinski definition) is 3. The molecule has 0 aliphatic carbocycles. The molecule has 1 aromatic carbocycles. The number of ketones is 1. The van der Waals surface area contributed by atoms with Gasteiger partial charge in [0.25, 0.3) is 0 Å². The first-order valence-corrected chi connectivity index (χ1v) is 8.15. The van der Waals surface area contributed by atoms with Gasteiger partial charge in [-0.1, -0.05) is 12.1 Å². The number of benzene rings is 1. The first-order valence-electron chi connectivity index (χ1n) is 8.15. The Morgan fingerprint density at radius 3 is 2.52 bits per heavy atom. The van der Waals surface area contributed by atoms with Gasteiger partial charge in [-0.25, -0.2) is 0 Å². The molecule has 3 N–H and O–H groups in total. The summed E-state index contributed by atoms with van der Waals surface area (Å²) >= 11 is 0. The number of aromatic nitrogens is 1. The number of phenolic OH excluding ortho intramolecular Hbond substituents is 1. The Labute approximate surface area is 146 Å². The van der Waals surface area contributed by atoms with Crippen molar-refractivity contribution in [1.82, 2.24) is 10.3 Å². The van der Waals surface area contributed by atoms with Crippen molar-refractivity contribution in [3.05, 3.63) is 59.9 Å². The fraction of sp³-hybridized carbons (Fsp3) is 0.316. The van der Waals surface area contributed by atoms with E-state index in [1.807, 2.05) is 0 Å². The molecule has 0 aliphatic heterocycles. The second-order valence-corrected chi connectivity index (χ2v) is 6.03. The number of nitrogens with one attached hydrogen (secondary N) is 1. The monoisotopic (exact) mass is 342 g/mol. The van der Waals surface area contributed by atoms with Crippen molar-refractivity contribution in [3.8, 4) is 5.75 Å². The van der Waals surface area contributed by atoms with E-state index in [2.05, 4.69) is 10.3 Å². The lowest BCUT2D eigenvalue weighted by molar-refractivity contribution is -0.139. The molecule has 6 heteroatoms. The van der Waals surface area contributed by atoms with E-state index in [0.717, 1.165) is 5.56 Å². The molecule has 2 unspecified atom stereocenters. The van der Waals surface area contributed by atoms with Crippen LogP contribution in [0.25, 0.3) is 0 Å². The molecule has 1 aromatic heterocycles. The van der Waals surface area contributed by atoms with E-state index in [1.165, 1.54) is 6.20 Å². The summed E-state index contributed by atoms with van der Waals surface area (Å²) in [6, 6.07) is 9.07. The molecule has 132 valence electrons. The van der Waals surface area contributed by atoms with E-state index in [1.54, 1.807) is 49.5 Å². The van der Waals surface area contributed by atoms with E-state index in [-0.39, 0.29) is 24.0 Å². The minimum atomic E-state index is -0.945. The predicted molar refractivity (Wildman–Crippen MR) is 93.6 cm³/mol. The molecule has 2 atom stereocenters. The number of pyridine rings is 1. The van der Waals surface area contributed by atoms with Crippen LogP contribution in [-0.2, 0) is 11.2 Å². The van der Waals surface area contributed by atoms with Gasteiger partial charge >= 0.3 is 5.97 Å². The Morgan fingerprint density at radius 1 is 1.20 bits per heavy atom. The van der Waals surface area contributed by atoms with Crippen molar-refractivity contribution in [2.75, 3.05) is 0 Å². The number of hydrogen-bond acceptors (Lipinski definition) is 5. The van der Waals surface area contributed by atoms with Gasteiger partial charge < -0.3 is 15.5 Å². The number of phenols is 1. The molecule has 0 aliphatic rings. The zero-order chi connectivity index (χ0) is 18.2. The van der Waals surface area contributed by atoms with E-state index >= 15 is 0 Å². The smallest absolute Gasteiger partial charge is 0.320 e. The van der Waals surface area contributed by atoms with Crippen LogP contribution in [0.1, 0.15) is 35.7 Å². The van der Waals surface area contributed by atoms with E-state index in [0.29, 0.717) is 18.4 Å². The number of aliphatic carboxylic acids is 1. The third kappa shape index (κ3) is 6.00. The third-order valence-electron chi connectivity index (χ3n) is 3.92. The number of carbonyl (C=O) groups excluding carboxylic acids is 1. The number of nitrogens with zero attached hydrogens (tertiary/aromatic N) is 1. The van der Waals surface area contributed by atoms with Crippen LogP contribution in [0.15, 0.2) is 48.8 Å². The topological polar surface area (TPSA) is 99.5 Å². The Hall–Kier alpha value is -2.73. The van der Waals surface area contributed by atoms with Crippen molar-refractivity contribution >= 4 is 11.8 Å². The molecular formula is C19H22N2O4. The van der Waals surface area contributed by atoms with Gasteiger partial charge in [0.1, 0.15) is 11.8 Å². The molecule has 0 radical (unpaired) electrons. The molecule has 0 amide bonds. The summed E-state index contributed by atoms with van der Waals surface area (Å²) in [7, 11) is 0. The molecule has 1 heterocycles. The maximum atomic E-state index is 12.2. The highest BCUT2D eigenvalue weighted by Gasteiger charge is 2.21. The Bertz CT molecular complexity index is 701. The van der Waals surface area contributed by atoms with Crippen LogP contribution in [0.5, 0.6) is 5.75 Å². The second kappa shape index (κ2) is 8.94. The summed E-state index contributed by atoms with van der Waals surface area (Å²) in [4.78, 5) is 27.6. The maximum absolute atomic E-state index is 12.2. The van der Waals surface area contributed by atoms with E-state index < -0.39 is 12.0 Å². The summed E-state index contributed by atoms with van der Waals surface area (Å²) in [6.07, 6.45) is 4.27. The minimum absolute atomic E-state index is 0.0734. The molecule has 2 rings (SSSR count). The molecule has 0 saturated heterocycles. The van der Waals surface area contributed by atoms with Crippen molar-refractivity contribution in [1.29, 1.82) is 0 Å². The van der Waals surface area contributed by atoms with E-state index in [4.69, 9.17) is 0 Å². The van der Waals surface area contributed by atoms with Crippen molar-refractivity contribution in [2.24, 2.45) is 0 Å². The largest absolute Gasteiger partial charge is 0.508 e. The molecule has 0 bridgehead atoms. The average Bonchev–Trinajstić information content (AvgIpc) is 2.60. The Morgan fingerprint density at radius 2 is 1.92 bits per heavy atom. The Balaban J connectivity index is 1.88. The van der Waals surface area contributed by atoms with Gasteiger partial charge in [0.05, 0.1) is 0 Å². The average molecular weight is 342 g/mol. The molecule has 0 spiro atoms. The minimum Gasteiger partial charge on any atom is -0.508 e. The normalized spacial score (nSPS) is 13.2. The van der Waals surface area contributed by atoms with Crippen LogP contribution in [0.4, 0.5) is 0 Å². The fourth-order valence-corrected chi connectivity index (χ4v) is 2.58. The summed E-state index contributed by atoms with van der Waals surface area (Å²) in [5, 5.41) is 21.7. The van der Waals surface area contributed by atoms with Gasteiger partial charge in [-0.3, -0.25) is 14.6 Å². The zero-order valence-corrected chi connectivity index (χ0v) is 14.1. The first-order chi connectivity index (χ1) is 12.0. The molecular weight excluding hydrogens is 320 g/mol. The molecule has 25 heavy (non-hydrogen) atoms. The lowest BCUT2D eigenvalue weighted by Crippen LogP contribution is -2.43. The van der Waals surface area contributed by atoms with Crippen LogP contribution in [0, 0.1) is 0 Å². The van der Waals surface area contributed by atoms with Crippen molar-refractivity contribution in [2.45, 2.75) is 38.3 Å². The lowest BCUT2D eigenvalue weighted by atomic mass is 10.0. The standard InChI is InChI=1S/C19H22N2O4/c1-13(11-18(23)15-3-2-10-20-12-15)21-17(19(24)25)9-6-14-4-7-16(22)8-5-14/h2-5,7-8,10,12-13,17,21-22H,6,9,11H2,1H3,(H,24,25). The summed E-state index contributed by atoms with van der Waals surface area (Å²) in [6.45, 7) is 1.80. The van der Waals surface area contributed by atoms with Crippen molar-refractivity contribution < 1.29 is 19.8 Å². The highest BCUT2D eigenvalue weighted by Crippen LogP contribution is 2.13. The Kier molecular flexibility index (Phi) is 6.65. The first kappa shape index (κ1) is 18.6.